The summed E-state index contributed by atoms with van der Waals surface area (Å²) in [6, 6.07) is 64.2. The maximum atomic E-state index is 6.63. The Bertz CT molecular complexity index is 2730. The summed E-state index contributed by atoms with van der Waals surface area (Å²) in [7, 11) is 0. The molecular formula is C47H29NO. The lowest BCUT2D eigenvalue weighted by Gasteiger charge is -2.35. The van der Waals surface area contributed by atoms with Crippen molar-refractivity contribution in [3.8, 4) is 22.3 Å². The summed E-state index contributed by atoms with van der Waals surface area (Å²) in [5.74, 6) is 0. The van der Waals surface area contributed by atoms with Gasteiger partial charge in [0.15, 0.2) is 0 Å². The molecule has 0 atom stereocenters. The lowest BCUT2D eigenvalue weighted by atomic mass is 9.70. The maximum Gasteiger partial charge on any atom is 0.137 e. The number of benzene rings is 8. The van der Waals surface area contributed by atoms with Crippen molar-refractivity contribution < 1.29 is 4.42 Å². The predicted molar refractivity (Wildman–Crippen MR) is 202 cm³/mol. The molecule has 0 saturated carbocycles. The van der Waals surface area contributed by atoms with Crippen LogP contribution in [-0.4, -0.2) is 0 Å². The molecule has 1 heterocycles. The monoisotopic (exact) mass is 623 g/mol. The van der Waals surface area contributed by atoms with Gasteiger partial charge in [0.25, 0.3) is 0 Å². The second-order valence-corrected chi connectivity index (χ2v) is 13.2. The fraction of sp³-hybridized carbons (Fsp3) is 0.0213. The number of hydrogen-bond donors (Lipinski definition) is 0. The summed E-state index contributed by atoms with van der Waals surface area (Å²) in [6.07, 6.45) is 0. The lowest BCUT2D eigenvalue weighted by Crippen LogP contribution is -2.28. The van der Waals surface area contributed by atoms with Crippen LogP contribution in [-0.2, 0) is 5.41 Å². The van der Waals surface area contributed by atoms with Crippen molar-refractivity contribution in [2.45, 2.75) is 5.41 Å². The largest absolute Gasteiger partial charge is 0.456 e. The molecule has 2 heteroatoms. The van der Waals surface area contributed by atoms with Crippen LogP contribution in [0.25, 0.3) is 55.0 Å². The molecule has 8 aromatic carbocycles. The first-order chi connectivity index (χ1) is 24.3. The third-order valence-electron chi connectivity index (χ3n) is 10.8. The van der Waals surface area contributed by atoms with Crippen molar-refractivity contribution in [2.75, 3.05) is 4.90 Å². The van der Waals surface area contributed by atoms with Crippen LogP contribution in [0, 0.1) is 0 Å². The topological polar surface area (TPSA) is 16.4 Å². The van der Waals surface area contributed by atoms with E-state index in [-0.39, 0.29) is 0 Å². The Balaban J connectivity index is 1.23. The van der Waals surface area contributed by atoms with Gasteiger partial charge in [0.2, 0.25) is 0 Å². The Morgan fingerprint density at radius 2 is 1.02 bits per heavy atom. The zero-order valence-corrected chi connectivity index (χ0v) is 26.6. The van der Waals surface area contributed by atoms with Gasteiger partial charge in [-0.3, -0.25) is 0 Å². The van der Waals surface area contributed by atoms with Crippen molar-refractivity contribution >= 4 is 49.8 Å². The number of furan rings is 1. The molecule has 0 N–H and O–H groups in total. The van der Waals surface area contributed by atoms with Crippen LogP contribution in [0.5, 0.6) is 0 Å². The number of anilines is 3. The minimum absolute atomic E-state index is 0.467. The number of para-hydroxylation sites is 1. The molecule has 49 heavy (non-hydrogen) atoms. The number of fused-ring (bicyclic) bond motifs is 15. The molecule has 11 rings (SSSR count). The quantitative estimate of drug-likeness (QED) is 0.195. The fourth-order valence-corrected chi connectivity index (χ4v) is 9.00. The van der Waals surface area contributed by atoms with Gasteiger partial charge < -0.3 is 9.32 Å². The molecule has 1 aromatic heterocycles. The normalized spacial score (nSPS) is 13.5. The van der Waals surface area contributed by atoms with E-state index < -0.39 is 5.41 Å². The Labute approximate surface area is 284 Å². The van der Waals surface area contributed by atoms with Gasteiger partial charge in [0.05, 0.1) is 11.1 Å². The predicted octanol–water partition coefficient (Wildman–Crippen LogP) is 12.6. The fourth-order valence-electron chi connectivity index (χ4n) is 9.00. The molecule has 0 unspecified atom stereocenters. The van der Waals surface area contributed by atoms with E-state index in [9.17, 15) is 0 Å². The molecule has 0 amide bonds. The van der Waals surface area contributed by atoms with Crippen LogP contribution in [0.1, 0.15) is 22.3 Å². The molecule has 2 nitrogen and oxygen atoms in total. The molecule has 1 spiro atoms. The Morgan fingerprint density at radius 3 is 1.76 bits per heavy atom. The lowest BCUT2D eigenvalue weighted by molar-refractivity contribution is 0.669. The number of nitrogens with zero attached hydrogens (tertiary/aromatic N) is 1. The van der Waals surface area contributed by atoms with Gasteiger partial charge >= 0.3 is 0 Å². The van der Waals surface area contributed by atoms with Gasteiger partial charge in [-0.15, -0.1) is 0 Å². The minimum atomic E-state index is -0.467. The highest BCUT2D eigenvalue weighted by Crippen LogP contribution is 2.65. The van der Waals surface area contributed by atoms with Crippen LogP contribution < -0.4 is 4.90 Å². The Kier molecular flexibility index (Phi) is 5.34. The van der Waals surface area contributed by atoms with Crippen LogP contribution >= 0.6 is 0 Å². The number of hydrogen-bond acceptors (Lipinski definition) is 2. The van der Waals surface area contributed by atoms with E-state index in [2.05, 4.69) is 181 Å². The summed E-state index contributed by atoms with van der Waals surface area (Å²) >= 11 is 0. The van der Waals surface area contributed by atoms with Crippen LogP contribution in [0.3, 0.4) is 0 Å². The standard InChI is InChI=1S/C47H29NO/c1-2-14-31(15-3-1)48(32-26-27-38-44(29-32)49-43-28-25-30-13-4-5-16-33(30)45(38)43)42-24-12-20-37-36-19-8-11-23-41(36)47(46(37)42)39-21-9-6-17-34(39)35-18-7-10-22-40(35)47/h1-29H. The number of rotatable bonds is 3. The Hall–Kier alpha value is -6.38. The van der Waals surface area contributed by atoms with Crippen LogP contribution in [0.15, 0.2) is 180 Å². The SMILES string of the molecule is c1ccc(N(c2ccc3c(c2)oc2ccc4ccccc4c23)c2cccc3c2C2(c4ccccc4-c4ccccc42)c2ccccc2-3)cc1. The van der Waals surface area contributed by atoms with Crippen LogP contribution in [0.2, 0.25) is 0 Å². The molecular weight excluding hydrogens is 595 g/mol. The van der Waals surface area contributed by atoms with E-state index in [1.165, 1.54) is 60.7 Å². The van der Waals surface area contributed by atoms with E-state index >= 15 is 0 Å². The van der Waals surface area contributed by atoms with Gasteiger partial charge in [-0.25, -0.2) is 0 Å². The highest BCUT2D eigenvalue weighted by Gasteiger charge is 2.53. The van der Waals surface area contributed by atoms with Gasteiger partial charge in [0, 0.05) is 33.8 Å². The van der Waals surface area contributed by atoms with Crippen molar-refractivity contribution in [2.24, 2.45) is 0 Å². The molecule has 0 fully saturated rings. The van der Waals surface area contributed by atoms with Gasteiger partial charge in [-0.05, 0) is 86.1 Å². The molecule has 2 aliphatic rings. The molecule has 228 valence electrons. The molecule has 0 saturated heterocycles. The van der Waals surface area contributed by atoms with E-state index in [1.54, 1.807) is 0 Å². The zero-order chi connectivity index (χ0) is 32.1. The maximum absolute atomic E-state index is 6.63. The van der Waals surface area contributed by atoms with E-state index in [0.29, 0.717) is 0 Å². The average Bonchev–Trinajstić information content (AvgIpc) is 3.80. The second kappa shape index (κ2) is 9.82. The highest BCUT2D eigenvalue weighted by atomic mass is 16.3. The zero-order valence-electron chi connectivity index (χ0n) is 26.6. The van der Waals surface area contributed by atoms with Crippen molar-refractivity contribution in [1.82, 2.24) is 0 Å². The molecule has 0 aliphatic heterocycles. The van der Waals surface area contributed by atoms with E-state index in [4.69, 9.17) is 4.42 Å². The molecule has 0 radical (unpaired) electrons. The summed E-state index contributed by atoms with van der Waals surface area (Å²) in [5.41, 5.74) is 15.1. The smallest absolute Gasteiger partial charge is 0.137 e. The highest BCUT2D eigenvalue weighted by molar-refractivity contribution is 6.19. The van der Waals surface area contributed by atoms with Gasteiger partial charge in [-0.2, -0.15) is 0 Å². The minimum Gasteiger partial charge on any atom is -0.456 e. The van der Waals surface area contributed by atoms with Gasteiger partial charge in [-0.1, -0.05) is 133 Å². The molecule has 0 bridgehead atoms. The molecule has 2 aliphatic carbocycles. The van der Waals surface area contributed by atoms with E-state index in [0.717, 1.165) is 33.6 Å². The third-order valence-corrected chi connectivity index (χ3v) is 10.8. The van der Waals surface area contributed by atoms with Crippen LogP contribution in [0.4, 0.5) is 17.1 Å². The van der Waals surface area contributed by atoms with Crippen molar-refractivity contribution in [3.63, 3.8) is 0 Å². The summed E-state index contributed by atoms with van der Waals surface area (Å²) in [4.78, 5) is 2.43. The summed E-state index contributed by atoms with van der Waals surface area (Å²) < 4.78 is 6.63. The van der Waals surface area contributed by atoms with Crippen molar-refractivity contribution in [1.29, 1.82) is 0 Å². The Morgan fingerprint density at radius 1 is 0.408 bits per heavy atom. The second-order valence-electron chi connectivity index (χ2n) is 13.2. The summed E-state index contributed by atoms with van der Waals surface area (Å²) in [6.45, 7) is 0. The van der Waals surface area contributed by atoms with Gasteiger partial charge in [0.1, 0.15) is 11.2 Å². The first-order valence-corrected chi connectivity index (χ1v) is 16.9. The van der Waals surface area contributed by atoms with E-state index in [1.807, 2.05) is 0 Å². The first-order valence-electron chi connectivity index (χ1n) is 16.9. The average molecular weight is 624 g/mol. The summed E-state index contributed by atoms with van der Waals surface area (Å²) in [5, 5.41) is 4.73. The molecule has 9 aromatic rings. The third kappa shape index (κ3) is 3.45. The van der Waals surface area contributed by atoms with Crippen molar-refractivity contribution in [3.05, 3.63) is 198 Å². The first kappa shape index (κ1) is 26.7.